The molecule has 0 unspecified atom stereocenters. The summed E-state index contributed by atoms with van der Waals surface area (Å²) in [6.45, 7) is 4.25. The van der Waals surface area contributed by atoms with Crippen LogP contribution in [0.2, 0.25) is 0 Å². The van der Waals surface area contributed by atoms with Crippen molar-refractivity contribution < 1.29 is 0 Å². The molecule has 0 saturated carbocycles. The lowest BCUT2D eigenvalue weighted by atomic mass is 10.1. The van der Waals surface area contributed by atoms with E-state index in [4.69, 9.17) is 0 Å². The maximum atomic E-state index is 3.40. The molecule has 2 heterocycles. The number of hydrogen-bond acceptors (Lipinski definition) is 1. The van der Waals surface area contributed by atoms with Crippen LogP contribution < -0.4 is 5.32 Å². The molecule has 0 saturated heterocycles. The van der Waals surface area contributed by atoms with Crippen molar-refractivity contribution in [3.8, 4) is 0 Å². The molecule has 0 radical (unpaired) electrons. The van der Waals surface area contributed by atoms with Crippen LogP contribution in [0.5, 0.6) is 0 Å². The summed E-state index contributed by atoms with van der Waals surface area (Å²) in [6.07, 6.45) is 1.15. The van der Waals surface area contributed by atoms with Gasteiger partial charge in [-0.25, -0.2) is 0 Å². The van der Waals surface area contributed by atoms with Gasteiger partial charge in [-0.1, -0.05) is 12.1 Å². The van der Waals surface area contributed by atoms with E-state index in [1.807, 2.05) is 0 Å². The van der Waals surface area contributed by atoms with Gasteiger partial charge in [0.2, 0.25) is 0 Å². The summed E-state index contributed by atoms with van der Waals surface area (Å²) in [5.74, 6) is 0. The summed E-state index contributed by atoms with van der Waals surface area (Å²) < 4.78 is 2.38. The van der Waals surface area contributed by atoms with Gasteiger partial charge in [-0.05, 0) is 24.6 Å². The van der Waals surface area contributed by atoms with Crippen LogP contribution in [0.25, 0.3) is 10.9 Å². The minimum atomic E-state index is 0.961. The molecule has 2 heteroatoms. The molecule has 72 valence electrons. The number of nitrogens with one attached hydrogen (secondary N) is 1. The van der Waals surface area contributed by atoms with Gasteiger partial charge in [-0.2, -0.15) is 0 Å². The Hall–Kier alpha value is -1.28. The summed E-state index contributed by atoms with van der Waals surface area (Å²) in [5.41, 5.74) is 4.21. The van der Waals surface area contributed by atoms with Crippen molar-refractivity contribution in [2.75, 3.05) is 6.54 Å². The van der Waals surface area contributed by atoms with Crippen molar-refractivity contribution in [2.24, 2.45) is 0 Å². The number of rotatable bonds is 0. The van der Waals surface area contributed by atoms with Gasteiger partial charge in [-0.15, -0.1) is 0 Å². The Kier molecular flexibility index (Phi) is 1.64. The smallest absolute Gasteiger partial charge is 0.0728 e. The highest BCUT2D eigenvalue weighted by molar-refractivity contribution is 5.84. The molecular formula is C12H14N2. The van der Waals surface area contributed by atoms with Crippen molar-refractivity contribution in [1.29, 1.82) is 0 Å². The van der Waals surface area contributed by atoms with E-state index in [2.05, 4.69) is 41.1 Å². The van der Waals surface area contributed by atoms with Crippen LogP contribution in [0.3, 0.4) is 0 Å². The summed E-state index contributed by atoms with van der Waals surface area (Å²) in [4.78, 5) is 0. The molecule has 0 aliphatic carbocycles. The quantitative estimate of drug-likeness (QED) is 0.666. The maximum absolute atomic E-state index is 3.40. The predicted octanol–water partition coefficient (Wildman–Crippen LogP) is 2.05. The first-order chi connectivity index (χ1) is 6.86. The van der Waals surface area contributed by atoms with E-state index >= 15 is 0 Å². The average Bonchev–Trinajstić information content (AvgIpc) is 2.59. The lowest BCUT2D eigenvalue weighted by Crippen LogP contribution is -2.28. The van der Waals surface area contributed by atoms with Crippen LogP contribution in [0.15, 0.2) is 24.3 Å². The lowest BCUT2D eigenvalue weighted by molar-refractivity contribution is 0.507. The van der Waals surface area contributed by atoms with Gasteiger partial charge in [0.25, 0.3) is 0 Å². The van der Waals surface area contributed by atoms with Crippen LogP contribution in [0.4, 0.5) is 0 Å². The summed E-state index contributed by atoms with van der Waals surface area (Å²) in [6, 6.07) is 8.87. The van der Waals surface area contributed by atoms with E-state index in [9.17, 15) is 0 Å². The topological polar surface area (TPSA) is 17.0 Å². The SMILES string of the molecule is Cc1cccc2c1cc1n2CNCC1. The summed E-state index contributed by atoms with van der Waals surface area (Å²) in [7, 11) is 0. The van der Waals surface area contributed by atoms with E-state index < -0.39 is 0 Å². The molecule has 0 amide bonds. The molecule has 0 fully saturated rings. The highest BCUT2D eigenvalue weighted by atomic mass is 15.1. The van der Waals surface area contributed by atoms with Crippen LogP contribution in [-0.4, -0.2) is 11.1 Å². The second kappa shape index (κ2) is 2.85. The van der Waals surface area contributed by atoms with Gasteiger partial charge in [0, 0.05) is 29.6 Å². The molecule has 0 spiro atoms. The van der Waals surface area contributed by atoms with Gasteiger partial charge in [0.15, 0.2) is 0 Å². The van der Waals surface area contributed by atoms with Crippen LogP contribution in [0, 0.1) is 6.92 Å². The third-order valence-corrected chi connectivity index (χ3v) is 3.08. The minimum absolute atomic E-state index is 0.961. The molecule has 0 bridgehead atoms. The Labute approximate surface area is 83.5 Å². The summed E-state index contributed by atoms with van der Waals surface area (Å²) in [5, 5.41) is 4.81. The second-order valence-electron chi connectivity index (χ2n) is 3.98. The number of benzene rings is 1. The van der Waals surface area contributed by atoms with Crippen LogP contribution in [0.1, 0.15) is 11.3 Å². The van der Waals surface area contributed by atoms with E-state index in [1.165, 1.54) is 22.2 Å². The lowest BCUT2D eigenvalue weighted by Gasteiger charge is -2.17. The van der Waals surface area contributed by atoms with Gasteiger partial charge >= 0.3 is 0 Å². The zero-order valence-electron chi connectivity index (χ0n) is 8.38. The van der Waals surface area contributed by atoms with Crippen LogP contribution in [-0.2, 0) is 13.1 Å². The standard InChI is InChI=1S/C12H14N2/c1-9-3-2-4-12-11(9)7-10-5-6-13-8-14(10)12/h2-4,7,13H,5-6,8H2,1H3. The third-order valence-electron chi connectivity index (χ3n) is 3.08. The van der Waals surface area contributed by atoms with E-state index in [0.29, 0.717) is 0 Å². The molecule has 1 N–H and O–H groups in total. The molecule has 2 nitrogen and oxygen atoms in total. The molecule has 1 aromatic heterocycles. The number of fused-ring (bicyclic) bond motifs is 3. The summed E-state index contributed by atoms with van der Waals surface area (Å²) >= 11 is 0. The molecule has 1 aliphatic rings. The first-order valence-electron chi connectivity index (χ1n) is 5.15. The van der Waals surface area contributed by atoms with Gasteiger partial charge in [-0.3, -0.25) is 5.32 Å². The second-order valence-corrected chi connectivity index (χ2v) is 3.98. The monoisotopic (exact) mass is 186 g/mol. The van der Waals surface area contributed by atoms with Gasteiger partial charge in [0.1, 0.15) is 0 Å². The number of nitrogens with zero attached hydrogens (tertiary/aromatic N) is 1. The normalized spacial score (nSPS) is 15.8. The third kappa shape index (κ3) is 1.01. The van der Waals surface area contributed by atoms with Crippen molar-refractivity contribution in [2.45, 2.75) is 20.0 Å². The molecule has 1 aromatic carbocycles. The largest absolute Gasteiger partial charge is 0.331 e. The zero-order valence-corrected chi connectivity index (χ0v) is 8.38. The molecular weight excluding hydrogens is 172 g/mol. The van der Waals surface area contributed by atoms with E-state index in [0.717, 1.165) is 19.6 Å². The fourth-order valence-electron chi connectivity index (χ4n) is 2.29. The van der Waals surface area contributed by atoms with Gasteiger partial charge < -0.3 is 4.57 Å². The van der Waals surface area contributed by atoms with Crippen LogP contribution >= 0.6 is 0 Å². The van der Waals surface area contributed by atoms with E-state index in [-0.39, 0.29) is 0 Å². The molecule has 14 heavy (non-hydrogen) atoms. The Morgan fingerprint density at radius 1 is 1.36 bits per heavy atom. The fourth-order valence-corrected chi connectivity index (χ4v) is 2.29. The Balaban J connectivity index is 2.36. The minimum Gasteiger partial charge on any atom is -0.331 e. The van der Waals surface area contributed by atoms with Gasteiger partial charge in [0.05, 0.1) is 6.67 Å². The molecule has 2 aromatic rings. The average molecular weight is 186 g/mol. The van der Waals surface area contributed by atoms with Crippen molar-refractivity contribution in [1.82, 2.24) is 9.88 Å². The van der Waals surface area contributed by atoms with Crippen molar-refractivity contribution in [3.05, 3.63) is 35.5 Å². The zero-order chi connectivity index (χ0) is 9.54. The Morgan fingerprint density at radius 3 is 3.21 bits per heavy atom. The van der Waals surface area contributed by atoms with Crippen molar-refractivity contribution in [3.63, 3.8) is 0 Å². The van der Waals surface area contributed by atoms with E-state index in [1.54, 1.807) is 0 Å². The van der Waals surface area contributed by atoms with Crippen molar-refractivity contribution >= 4 is 10.9 Å². The number of aryl methyl sites for hydroxylation is 1. The predicted molar refractivity (Wildman–Crippen MR) is 58.4 cm³/mol. The highest BCUT2D eigenvalue weighted by Gasteiger charge is 2.12. The number of aromatic nitrogens is 1. The highest BCUT2D eigenvalue weighted by Crippen LogP contribution is 2.24. The molecule has 1 aliphatic heterocycles. The fraction of sp³-hybridized carbons (Fsp3) is 0.333. The Morgan fingerprint density at radius 2 is 2.29 bits per heavy atom. The maximum Gasteiger partial charge on any atom is 0.0728 e. The molecule has 0 atom stereocenters. The number of hydrogen-bond donors (Lipinski definition) is 1. The first-order valence-corrected chi connectivity index (χ1v) is 5.15. The first kappa shape index (κ1) is 8.06. The Bertz CT molecular complexity index is 482. The molecule has 3 rings (SSSR count).